The molecule has 10 atom stereocenters. The third-order valence-electron chi connectivity index (χ3n) is 13.7. The van der Waals surface area contributed by atoms with Crippen molar-refractivity contribution >= 4 is 22.0 Å². The van der Waals surface area contributed by atoms with Gasteiger partial charge in [0.25, 0.3) is 0 Å². The normalized spacial score (nSPS) is 43.8. The van der Waals surface area contributed by atoms with Gasteiger partial charge in [0.15, 0.2) is 0 Å². The van der Waals surface area contributed by atoms with Crippen LogP contribution < -0.4 is 0 Å². The van der Waals surface area contributed by atoms with E-state index in [1.165, 1.54) is 0 Å². The Labute approximate surface area is 263 Å². The maximum absolute atomic E-state index is 12.1. The first kappa shape index (κ1) is 32.7. The Morgan fingerprint density at radius 2 is 1.50 bits per heavy atom. The zero-order valence-corrected chi connectivity index (χ0v) is 29.0. The third kappa shape index (κ3) is 5.19. The van der Waals surface area contributed by atoms with Crippen molar-refractivity contribution in [2.75, 3.05) is 0 Å². The molecule has 236 valence electrons. The Morgan fingerprint density at radius 1 is 0.881 bits per heavy atom. The average molecular weight is 646 g/mol. The summed E-state index contributed by atoms with van der Waals surface area (Å²) in [7, 11) is 0. The summed E-state index contributed by atoms with van der Waals surface area (Å²) in [6.45, 7) is 17.6. The number of hydrogen-bond acceptors (Lipinski definition) is 4. The molecule has 0 saturated heterocycles. The lowest BCUT2D eigenvalue weighted by molar-refractivity contribution is -0.238. The van der Waals surface area contributed by atoms with E-state index < -0.39 is 23.4 Å². The van der Waals surface area contributed by atoms with Crippen molar-refractivity contribution < 1.29 is 20.4 Å². The van der Waals surface area contributed by atoms with E-state index in [-0.39, 0.29) is 33.5 Å². The standard InChI is InChI=1S/C37H57BrO4/c1-32(2,41)16-9-17-37(8,42)26-14-18-36(7)30(26)27(39)21-29-34(5)22-24(20-23-10-12-25(38)13-11-23)31(40)33(3,4)28(34)15-19-35(29,36)6/h10-13,20,26-31,39-42H,9,14-19,21-22H2,1-8H3/b24-20+/t26-,27+,28-,29+,30-,31-,34-,35+,36+,37+/m0/s1. The van der Waals surface area contributed by atoms with Crippen molar-refractivity contribution in [2.24, 2.45) is 45.3 Å². The molecule has 0 bridgehead atoms. The Morgan fingerprint density at radius 3 is 2.12 bits per heavy atom. The van der Waals surface area contributed by atoms with Gasteiger partial charge in [0, 0.05) is 4.47 Å². The average Bonchev–Trinajstić information content (AvgIpc) is 3.25. The number of halogens is 1. The quantitative estimate of drug-likeness (QED) is 0.252. The van der Waals surface area contributed by atoms with Crippen LogP contribution in [0.15, 0.2) is 34.3 Å². The maximum Gasteiger partial charge on any atom is 0.0807 e. The molecule has 4 N–H and O–H groups in total. The van der Waals surface area contributed by atoms with E-state index in [2.05, 4.69) is 80.9 Å². The molecule has 5 heteroatoms. The number of fused-ring (bicyclic) bond motifs is 5. The van der Waals surface area contributed by atoms with Crippen LogP contribution in [0.4, 0.5) is 0 Å². The highest BCUT2D eigenvalue weighted by Gasteiger charge is 2.71. The molecule has 4 saturated carbocycles. The molecular weight excluding hydrogens is 588 g/mol. The minimum atomic E-state index is -0.865. The lowest BCUT2D eigenvalue weighted by Crippen LogP contribution is -2.66. The van der Waals surface area contributed by atoms with Crippen LogP contribution in [-0.2, 0) is 0 Å². The van der Waals surface area contributed by atoms with Gasteiger partial charge in [-0.15, -0.1) is 0 Å². The molecule has 4 aliphatic carbocycles. The summed E-state index contributed by atoms with van der Waals surface area (Å²) >= 11 is 3.55. The van der Waals surface area contributed by atoms with Crippen molar-refractivity contribution in [2.45, 2.75) is 137 Å². The van der Waals surface area contributed by atoms with Crippen molar-refractivity contribution in [1.82, 2.24) is 0 Å². The van der Waals surface area contributed by atoms with Crippen LogP contribution >= 0.6 is 15.9 Å². The van der Waals surface area contributed by atoms with E-state index in [0.29, 0.717) is 24.7 Å². The molecular formula is C37H57BrO4. The predicted molar refractivity (Wildman–Crippen MR) is 175 cm³/mol. The second-order valence-electron chi connectivity index (χ2n) is 17.2. The van der Waals surface area contributed by atoms with Gasteiger partial charge >= 0.3 is 0 Å². The van der Waals surface area contributed by atoms with Crippen LogP contribution in [0.5, 0.6) is 0 Å². The number of benzene rings is 1. The Hall–Kier alpha value is -0.720. The van der Waals surface area contributed by atoms with Crippen molar-refractivity contribution in [3.05, 3.63) is 39.9 Å². The maximum atomic E-state index is 12.1. The fraction of sp³-hybridized carbons (Fsp3) is 0.784. The number of aliphatic hydroxyl groups excluding tert-OH is 2. The van der Waals surface area contributed by atoms with E-state index >= 15 is 0 Å². The number of aliphatic hydroxyl groups is 4. The SMILES string of the molecule is CC(C)(O)CCC[C@@](C)(O)[C@H]1CC[C@]2(C)[C@@H]1[C@H](O)C[C@@H]1[C@@]3(C)C/C(=C\c4ccc(Br)cc4)[C@H](O)C(C)(C)[C@@H]3CC[C@]12C. The molecule has 1 aromatic carbocycles. The minimum absolute atomic E-state index is 0.0425. The van der Waals surface area contributed by atoms with Crippen molar-refractivity contribution in [1.29, 1.82) is 0 Å². The third-order valence-corrected chi connectivity index (χ3v) is 14.2. The summed E-state index contributed by atoms with van der Waals surface area (Å²) in [4.78, 5) is 0. The molecule has 42 heavy (non-hydrogen) atoms. The smallest absolute Gasteiger partial charge is 0.0807 e. The van der Waals surface area contributed by atoms with Crippen molar-refractivity contribution in [3.63, 3.8) is 0 Å². The minimum Gasteiger partial charge on any atom is -0.393 e. The summed E-state index contributed by atoms with van der Waals surface area (Å²) in [6, 6.07) is 8.34. The summed E-state index contributed by atoms with van der Waals surface area (Å²) in [6.07, 6.45) is 9.13. The Balaban J connectivity index is 1.48. The van der Waals surface area contributed by atoms with E-state index in [9.17, 15) is 20.4 Å². The van der Waals surface area contributed by atoms with E-state index in [1.807, 2.05) is 20.8 Å². The van der Waals surface area contributed by atoms with Gasteiger partial charge in [-0.2, -0.15) is 0 Å². The van der Waals surface area contributed by atoms with Gasteiger partial charge < -0.3 is 20.4 Å². The lowest BCUT2D eigenvalue weighted by atomic mass is 9.34. The monoisotopic (exact) mass is 644 g/mol. The van der Waals surface area contributed by atoms with Crippen LogP contribution in [-0.4, -0.2) is 43.8 Å². The molecule has 1 aromatic rings. The van der Waals surface area contributed by atoms with Crippen LogP contribution in [0.25, 0.3) is 6.08 Å². The number of hydrogen-bond donors (Lipinski definition) is 4. The molecule has 5 rings (SSSR count). The molecule has 0 amide bonds. The predicted octanol–water partition coefficient (Wildman–Crippen LogP) is 8.15. The van der Waals surface area contributed by atoms with Gasteiger partial charge in [-0.1, -0.05) is 68.8 Å². The number of rotatable bonds is 6. The first-order valence-corrected chi connectivity index (χ1v) is 17.3. The second kappa shape index (κ2) is 10.7. The summed E-state index contributed by atoms with van der Waals surface area (Å²) in [5.74, 6) is 0.824. The molecule has 4 nitrogen and oxygen atoms in total. The second-order valence-corrected chi connectivity index (χ2v) is 18.1. The molecule has 4 aliphatic rings. The molecule has 4 fully saturated rings. The fourth-order valence-corrected chi connectivity index (χ4v) is 11.7. The summed E-state index contributed by atoms with van der Waals surface area (Å²) < 4.78 is 1.05. The van der Waals surface area contributed by atoms with Crippen molar-refractivity contribution in [3.8, 4) is 0 Å². The Kier molecular flexibility index (Phi) is 8.31. The molecule has 0 aromatic heterocycles. The lowest BCUT2D eigenvalue weighted by Gasteiger charge is -2.70. The van der Waals surface area contributed by atoms with Gasteiger partial charge in [-0.05, 0) is 147 Å². The fourth-order valence-electron chi connectivity index (χ4n) is 11.5. The molecule has 0 heterocycles. The van der Waals surface area contributed by atoms with Gasteiger partial charge in [0.05, 0.1) is 23.4 Å². The van der Waals surface area contributed by atoms with Crippen LogP contribution in [0.1, 0.15) is 119 Å². The highest BCUT2D eigenvalue weighted by Crippen LogP contribution is 2.76. The molecule has 0 radical (unpaired) electrons. The zero-order chi connectivity index (χ0) is 31.1. The first-order valence-electron chi connectivity index (χ1n) is 16.5. The van der Waals surface area contributed by atoms with Gasteiger partial charge in [-0.25, -0.2) is 0 Å². The van der Waals surface area contributed by atoms with Crippen LogP contribution in [0.3, 0.4) is 0 Å². The van der Waals surface area contributed by atoms with Gasteiger partial charge in [0.2, 0.25) is 0 Å². The molecule has 0 unspecified atom stereocenters. The first-order chi connectivity index (χ1) is 19.3. The van der Waals surface area contributed by atoms with E-state index in [1.54, 1.807) is 0 Å². The largest absolute Gasteiger partial charge is 0.393 e. The molecule has 0 aliphatic heterocycles. The van der Waals surface area contributed by atoms with E-state index in [4.69, 9.17) is 0 Å². The topological polar surface area (TPSA) is 80.9 Å². The highest BCUT2D eigenvalue weighted by molar-refractivity contribution is 9.10. The zero-order valence-electron chi connectivity index (χ0n) is 27.4. The van der Waals surface area contributed by atoms with Gasteiger partial charge in [0.1, 0.15) is 0 Å². The highest BCUT2D eigenvalue weighted by atomic mass is 79.9. The summed E-state index contributed by atoms with van der Waals surface area (Å²) in [5, 5.41) is 45.9. The van der Waals surface area contributed by atoms with Crippen LogP contribution in [0, 0.1) is 45.3 Å². The molecule has 0 spiro atoms. The van der Waals surface area contributed by atoms with Crippen LogP contribution in [0.2, 0.25) is 0 Å². The van der Waals surface area contributed by atoms with E-state index in [0.717, 1.165) is 60.6 Å². The summed E-state index contributed by atoms with van der Waals surface area (Å²) in [5.41, 5.74) is 0.309. The van der Waals surface area contributed by atoms with Gasteiger partial charge in [-0.3, -0.25) is 0 Å². The Bertz CT molecular complexity index is 1180.